The number of phenols is 1. The minimum absolute atomic E-state index is 0.0535. The summed E-state index contributed by atoms with van der Waals surface area (Å²) in [5, 5.41) is 18.5. The molecular formula is C44H51ClN4O8. The lowest BCUT2D eigenvalue weighted by Crippen LogP contribution is -2.59. The van der Waals surface area contributed by atoms with Gasteiger partial charge in [0.1, 0.15) is 23.7 Å². The number of alkyl halides is 1. The van der Waals surface area contributed by atoms with Gasteiger partial charge in [0.15, 0.2) is 5.78 Å². The van der Waals surface area contributed by atoms with E-state index < -0.39 is 53.6 Å². The van der Waals surface area contributed by atoms with Gasteiger partial charge in [-0.05, 0) is 85.4 Å². The first kappa shape index (κ1) is 42.6. The molecule has 0 aromatic heterocycles. The molecule has 3 aromatic rings. The summed E-state index contributed by atoms with van der Waals surface area (Å²) < 4.78 is 4.74. The second-order valence-electron chi connectivity index (χ2n) is 14.7. The molecule has 5 rings (SSSR count). The van der Waals surface area contributed by atoms with E-state index in [-0.39, 0.29) is 62.6 Å². The molecule has 0 saturated carbocycles. The first-order chi connectivity index (χ1) is 27.4. The molecule has 1 fully saturated rings. The van der Waals surface area contributed by atoms with Crippen molar-refractivity contribution in [1.82, 2.24) is 20.9 Å². The lowest BCUT2D eigenvalue weighted by molar-refractivity contribution is -0.146. The number of Topliss-reactive ketones (excluding diaryl/α,β-unsaturated/α-hetero) is 1. The van der Waals surface area contributed by atoms with Crippen LogP contribution in [0.5, 0.6) is 5.75 Å². The Hall–Kier alpha value is -5.49. The molecule has 57 heavy (non-hydrogen) atoms. The summed E-state index contributed by atoms with van der Waals surface area (Å²) in [5.41, 5.74) is 5.73. The van der Waals surface area contributed by atoms with E-state index >= 15 is 0 Å². The number of halogens is 1. The molecule has 1 heterocycles. The lowest BCUT2D eigenvalue weighted by Gasteiger charge is -2.37. The molecule has 302 valence electrons. The van der Waals surface area contributed by atoms with Gasteiger partial charge in [-0.15, -0.1) is 11.6 Å². The zero-order valence-corrected chi connectivity index (χ0v) is 33.2. The van der Waals surface area contributed by atoms with Crippen molar-refractivity contribution in [1.29, 1.82) is 0 Å². The second kappa shape index (κ2) is 20.6. The van der Waals surface area contributed by atoms with Crippen LogP contribution in [0.15, 0.2) is 78.9 Å². The van der Waals surface area contributed by atoms with Crippen molar-refractivity contribution in [3.63, 3.8) is 0 Å². The molecule has 13 heteroatoms. The molecular weight excluding hydrogens is 748 g/mol. The molecule has 1 aliphatic heterocycles. The van der Waals surface area contributed by atoms with Crippen LogP contribution in [0.2, 0.25) is 0 Å². The fourth-order valence-corrected chi connectivity index (χ4v) is 7.48. The number of carbonyl (C=O) groups is 6. The largest absolute Gasteiger partial charge is 0.508 e. The van der Waals surface area contributed by atoms with E-state index in [1.165, 1.54) is 24.1 Å². The van der Waals surface area contributed by atoms with Gasteiger partial charge in [-0.1, -0.05) is 72.3 Å². The van der Waals surface area contributed by atoms with Gasteiger partial charge in [0.25, 0.3) is 0 Å². The predicted molar refractivity (Wildman–Crippen MR) is 216 cm³/mol. The van der Waals surface area contributed by atoms with Crippen LogP contribution >= 0.6 is 11.6 Å². The van der Waals surface area contributed by atoms with Crippen molar-refractivity contribution in [3.05, 3.63) is 107 Å². The van der Waals surface area contributed by atoms with Crippen LogP contribution in [0, 0.1) is 12.8 Å². The van der Waals surface area contributed by atoms with Gasteiger partial charge in [0.05, 0.1) is 13.2 Å². The molecule has 1 aliphatic carbocycles. The molecule has 0 spiro atoms. The standard InChI is InChI=1S/C44H51ClN4O8/c1-28-10-12-30(13-11-28)27-46-42(54)33(23-29-14-18-34(50)19-15-29)25-39(51)37(24-32-17-16-31-7-3-4-8-35(31)32)48-43(55)38-9-5-6-22-49(38)44(56)36(47-40(52)26-45)20-21-41(53)57-2/h3-4,7-8,10-15,17-19,33,36-38,50H,5-6,9,16,20-27H2,1-2H3,(H,46,54)(H,47,52)(H,48,55)/t33-,36+,37+,38+/m1/s1. The van der Waals surface area contributed by atoms with Crippen LogP contribution in [0.1, 0.15) is 72.8 Å². The number of carbonyl (C=O) groups excluding carboxylic acids is 6. The second-order valence-corrected chi connectivity index (χ2v) is 15.0. The molecule has 4 N–H and O–H groups in total. The van der Waals surface area contributed by atoms with E-state index in [0.717, 1.165) is 33.4 Å². The van der Waals surface area contributed by atoms with Crippen LogP contribution in [0.4, 0.5) is 0 Å². The first-order valence-electron chi connectivity index (χ1n) is 19.4. The number of nitrogens with zero attached hydrogens (tertiary/aromatic N) is 1. The number of benzene rings is 3. The fraction of sp³-hybridized carbons (Fsp3) is 0.409. The number of amides is 4. The van der Waals surface area contributed by atoms with E-state index in [0.29, 0.717) is 25.7 Å². The van der Waals surface area contributed by atoms with Crippen molar-refractivity contribution in [2.75, 3.05) is 19.5 Å². The number of phenolic OH excluding ortho intramolecular Hbond substituents is 1. The average molecular weight is 799 g/mol. The van der Waals surface area contributed by atoms with Crippen LogP contribution < -0.4 is 16.0 Å². The topological polar surface area (TPSA) is 171 Å². The summed E-state index contributed by atoms with van der Waals surface area (Å²) in [6, 6.07) is 19.0. The molecule has 12 nitrogen and oxygen atoms in total. The third-order valence-electron chi connectivity index (χ3n) is 10.6. The average Bonchev–Trinajstić information content (AvgIpc) is 3.64. The third kappa shape index (κ3) is 12.0. The van der Waals surface area contributed by atoms with E-state index in [1.54, 1.807) is 12.1 Å². The minimum Gasteiger partial charge on any atom is -0.508 e. The Morgan fingerprint density at radius 2 is 1.61 bits per heavy atom. The lowest BCUT2D eigenvalue weighted by atomic mass is 9.88. The van der Waals surface area contributed by atoms with Crippen molar-refractivity contribution in [2.45, 2.75) is 89.4 Å². The molecule has 4 amide bonds. The summed E-state index contributed by atoms with van der Waals surface area (Å²) in [7, 11) is 1.23. The number of hydrogen-bond acceptors (Lipinski definition) is 8. The summed E-state index contributed by atoms with van der Waals surface area (Å²) in [4.78, 5) is 82.4. The van der Waals surface area contributed by atoms with Gasteiger partial charge in [-0.25, -0.2) is 0 Å². The predicted octanol–water partition coefficient (Wildman–Crippen LogP) is 4.71. The number of nitrogens with one attached hydrogen (secondary N) is 3. The first-order valence-corrected chi connectivity index (χ1v) is 19.9. The van der Waals surface area contributed by atoms with Gasteiger partial charge >= 0.3 is 5.97 Å². The summed E-state index contributed by atoms with van der Waals surface area (Å²) >= 11 is 5.74. The Kier molecular flexibility index (Phi) is 15.4. The number of aromatic hydroxyl groups is 1. The van der Waals surface area contributed by atoms with Gasteiger partial charge in [0, 0.05) is 38.3 Å². The number of likely N-dealkylation sites (tertiary alicyclic amines) is 1. The number of ether oxygens (including phenoxy) is 1. The molecule has 4 atom stereocenters. The van der Waals surface area contributed by atoms with Gasteiger partial charge < -0.3 is 30.7 Å². The van der Waals surface area contributed by atoms with E-state index in [1.807, 2.05) is 61.5 Å². The zero-order chi connectivity index (χ0) is 40.9. The van der Waals surface area contributed by atoms with Gasteiger partial charge in [0.2, 0.25) is 23.6 Å². The molecule has 3 aromatic carbocycles. The Balaban J connectivity index is 1.39. The molecule has 2 aliphatic rings. The number of esters is 1. The van der Waals surface area contributed by atoms with Gasteiger partial charge in [-0.3, -0.25) is 28.8 Å². The molecule has 1 saturated heterocycles. The SMILES string of the molecule is COC(=O)CC[C@H](NC(=O)CCl)C(=O)N1CCCC[C@H]1C(=O)N[C@@H](CC1=CCc2ccccc21)C(=O)C[C@@H](Cc1ccc(O)cc1)C(=O)NCc1ccc(C)cc1. The number of hydrogen-bond donors (Lipinski definition) is 4. The van der Waals surface area contributed by atoms with Gasteiger partial charge in [-0.2, -0.15) is 0 Å². The maximum absolute atomic E-state index is 14.5. The smallest absolute Gasteiger partial charge is 0.305 e. The Morgan fingerprint density at radius 3 is 2.33 bits per heavy atom. The van der Waals surface area contributed by atoms with Crippen molar-refractivity contribution >= 4 is 52.6 Å². The molecule has 0 bridgehead atoms. The highest BCUT2D eigenvalue weighted by molar-refractivity contribution is 6.27. The fourth-order valence-electron chi connectivity index (χ4n) is 7.40. The van der Waals surface area contributed by atoms with Crippen molar-refractivity contribution in [3.8, 4) is 5.75 Å². The highest BCUT2D eigenvalue weighted by atomic mass is 35.5. The summed E-state index contributed by atoms with van der Waals surface area (Å²) in [6.45, 7) is 2.48. The Morgan fingerprint density at radius 1 is 0.895 bits per heavy atom. The highest BCUT2D eigenvalue weighted by Gasteiger charge is 2.38. The number of allylic oxidation sites excluding steroid dienone is 1. The number of rotatable bonds is 18. The zero-order valence-electron chi connectivity index (χ0n) is 32.4. The number of fused-ring (bicyclic) bond motifs is 1. The number of ketones is 1. The van der Waals surface area contributed by atoms with Crippen LogP contribution in [0.25, 0.3) is 5.57 Å². The van der Waals surface area contributed by atoms with Crippen LogP contribution in [-0.2, 0) is 52.9 Å². The maximum Gasteiger partial charge on any atom is 0.305 e. The monoisotopic (exact) mass is 798 g/mol. The van der Waals surface area contributed by atoms with E-state index in [4.69, 9.17) is 16.3 Å². The van der Waals surface area contributed by atoms with E-state index in [9.17, 15) is 33.9 Å². The highest BCUT2D eigenvalue weighted by Crippen LogP contribution is 2.32. The molecule has 0 unspecified atom stereocenters. The maximum atomic E-state index is 14.5. The summed E-state index contributed by atoms with van der Waals surface area (Å²) in [6.07, 6.45) is 4.31. The van der Waals surface area contributed by atoms with Crippen LogP contribution in [0.3, 0.4) is 0 Å². The van der Waals surface area contributed by atoms with E-state index in [2.05, 4.69) is 16.0 Å². The third-order valence-corrected chi connectivity index (χ3v) is 10.8. The van der Waals surface area contributed by atoms with Crippen molar-refractivity contribution < 1.29 is 38.6 Å². The van der Waals surface area contributed by atoms with Crippen LogP contribution in [-0.4, -0.2) is 83.0 Å². The summed E-state index contributed by atoms with van der Waals surface area (Å²) in [5.74, 6) is -4.01. The minimum atomic E-state index is -1.12. The van der Waals surface area contributed by atoms with Crippen molar-refractivity contribution in [2.24, 2.45) is 5.92 Å². The Bertz CT molecular complexity index is 1950. The number of piperidine rings is 1. The number of aryl methyl sites for hydroxylation is 1. The Labute approximate surface area is 338 Å². The quantitative estimate of drug-likeness (QED) is 0.106. The normalized spacial score (nSPS) is 16.3. The molecule has 0 radical (unpaired) electrons. The number of methoxy groups -OCH3 is 1.